The third kappa shape index (κ3) is 4.80. The highest BCUT2D eigenvalue weighted by Gasteiger charge is 2.25. The quantitative estimate of drug-likeness (QED) is 0.330. The second-order valence-corrected chi connectivity index (χ2v) is 9.51. The molecule has 9 heteroatoms. The molecule has 1 aliphatic heterocycles. The third-order valence-corrected chi connectivity index (χ3v) is 7.30. The van der Waals surface area contributed by atoms with Crippen molar-refractivity contribution in [1.82, 2.24) is 4.98 Å². The number of aromatic amines is 1. The second-order valence-electron chi connectivity index (χ2n) is 7.86. The van der Waals surface area contributed by atoms with Gasteiger partial charge in [0.05, 0.1) is 33.2 Å². The molecule has 0 fully saturated rings. The number of rotatable bonds is 0. The molecule has 0 spiro atoms. The molecule has 7 nitrogen and oxygen atoms in total. The SMILES string of the molecule is Brc1ccc2c3[nH]c4c(c(Br)c5c(c42)CCCC5)OCOCOC/C=C\COCOCOc13. The van der Waals surface area contributed by atoms with Crippen molar-refractivity contribution in [2.45, 2.75) is 25.7 Å². The molecule has 1 aliphatic carbocycles. The van der Waals surface area contributed by atoms with Crippen LogP contribution >= 0.6 is 31.9 Å². The second kappa shape index (κ2) is 10.8. The van der Waals surface area contributed by atoms with Crippen LogP contribution < -0.4 is 9.47 Å². The average molecular weight is 583 g/mol. The summed E-state index contributed by atoms with van der Waals surface area (Å²) >= 11 is 7.45. The highest BCUT2D eigenvalue weighted by molar-refractivity contribution is 9.11. The number of ether oxygens (including phenoxy) is 6. The zero-order valence-electron chi connectivity index (χ0n) is 18.1. The number of fused-ring (bicyclic) bond motifs is 3. The van der Waals surface area contributed by atoms with Crippen molar-refractivity contribution in [2.75, 3.05) is 40.4 Å². The lowest BCUT2D eigenvalue weighted by Crippen LogP contribution is -2.10. The van der Waals surface area contributed by atoms with E-state index in [9.17, 15) is 0 Å². The van der Waals surface area contributed by atoms with Gasteiger partial charge >= 0.3 is 0 Å². The van der Waals surface area contributed by atoms with Gasteiger partial charge in [-0.3, -0.25) is 0 Å². The Morgan fingerprint density at radius 1 is 0.697 bits per heavy atom. The van der Waals surface area contributed by atoms with Crippen molar-refractivity contribution >= 4 is 53.7 Å². The molecule has 0 saturated carbocycles. The van der Waals surface area contributed by atoms with Crippen molar-refractivity contribution < 1.29 is 28.4 Å². The minimum absolute atomic E-state index is 0.0684. The van der Waals surface area contributed by atoms with E-state index in [4.69, 9.17) is 28.4 Å². The molecule has 2 aromatic carbocycles. The maximum atomic E-state index is 6.14. The van der Waals surface area contributed by atoms with Gasteiger partial charge in [0.15, 0.2) is 38.7 Å². The third-order valence-electron chi connectivity index (χ3n) is 5.84. The summed E-state index contributed by atoms with van der Waals surface area (Å²) in [6, 6.07) is 4.13. The van der Waals surface area contributed by atoms with Gasteiger partial charge in [-0.2, -0.15) is 0 Å². The number of H-pyrrole nitrogens is 1. The standard InChI is InChI=1S/C24H25Br2NO6/c25-18-8-7-17-19-15-5-1-2-6-16(15)20(26)24-22(19)27-21(17)23(18)32-13-30-11-28-9-3-4-10-29-12-31-14-33-24/h3-4,7-8,27H,1-2,5-6,9-14H2/b4-3-. The van der Waals surface area contributed by atoms with Gasteiger partial charge in [-0.1, -0.05) is 18.2 Å². The van der Waals surface area contributed by atoms with Crippen LogP contribution in [0.15, 0.2) is 33.2 Å². The normalized spacial score (nSPS) is 19.5. The van der Waals surface area contributed by atoms with E-state index >= 15 is 0 Å². The van der Waals surface area contributed by atoms with Gasteiger partial charge in [0, 0.05) is 10.8 Å². The number of aryl methyl sites for hydroxylation is 1. The van der Waals surface area contributed by atoms with E-state index in [1.807, 2.05) is 18.2 Å². The Hall–Kier alpha value is -1.62. The van der Waals surface area contributed by atoms with Crippen molar-refractivity contribution in [2.24, 2.45) is 0 Å². The topological polar surface area (TPSA) is 71.2 Å². The number of hydrogen-bond acceptors (Lipinski definition) is 6. The van der Waals surface area contributed by atoms with Crippen LogP contribution in [0.5, 0.6) is 11.5 Å². The van der Waals surface area contributed by atoms with Crippen LogP contribution in [0.1, 0.15) is 24.0 Å². The van der Waals surface area contributed by atoms with Crippen LogP contribution in [-0.4, -0.2) is 45.4 Å². The Balaban J connectivity index is 1.61. The first-order valence-corrected chi connectivity index (χ1v) is 12.5. The van der Waals surface area contributed by atoms with Gasteiger partial charge in [0.1, 0.15) is 0 Å². The fraction of sp³-hybridized carbons (Fsp3) is 0.417. The van der Waals surface area contributed by atoms with Crippen LogP contribution in [0.2, 0.25) is 0 Å². The van der Waals surface area contributed by atoms with E-state index in [0.29, 0.717) is 19.0 Å². The molecule has 0 atom stereocenters. The van der Waals surface area contributed by atoms with Crippen LogP contribution in [0.3, 0.4) is 0 Å². The molecule has 1 aromatic heterocycles. The summed E-state index contributed by atoms with van der Waals surface area (Å²) in [6.45, 7) is 1.27. The molecule has 33 heavy (non-hydrogen) atoms. The summed E-state index contributed by atoms with van der Waals surface area (Å²) in [5, 5.41) is 2.27. The maximum Gasteiger partial charge on any atom is 0.191 e. The lowest BCUT2D eigenvalue weighted by atomic mass is 9.88. The summed E-state index contributed by atoms with van der Waals surface area (Å²) in [6.07, 6.45) is 8.12. The minimum atomic E-state index is 0.0684. The molecule has 2 bridgehead atoms. The van der Waals surface area contributed by atoms with Crippen LogP contribution in [-0.2, 0) is 31.8 Å². The molecule has 1 N–H and O–H groups in total. The molecular formula is C24H25Br2NO6. The van der Waals surface area contributed by atoms with Crippen molar-refractivity contribution in [1.29, 1.82) is 0 Å². The number of benzene rings is 2. The van der Waals surface area contributed by atoms with Gasteiger partial charge in [-0.05, 0) is 74.7 Å². The van der Waals surface area contributed by atoms with E-state index in [-0.39, 0.29) is 27.2 Å². The van der Waals surface area contributed by atoms with Gasteiger partial charge < -0.3 is 33.4 Å². The monoisotopic (exact) mass is 581 g/mol. The highest BCUT2D eigenvalue weighted by atomic mass is 79.9. The molecule has 0 unspecified atom stereocenters. The predicted octanol–water partition coefficient (Wildman–Crippen LogP) is 5.95. The Bertz CT molecular complexity index is 1180. The fourth-order valence-corrected chi connectivity index (χ4v) is 5.59. The fourth-order valence-electron chi connectivity index (χ4n) is 4.40. The first kappa shape index (κ1) is 23.1. The van der Waals surface area contributed by atoms with Crippen LogP contribution in [0.25, 0.3) is 21.8 Å². The molecule has 3 aromatic rings. The number of halogens is 2. The van der Waals surface area contributed by atoms with Crippen LogP contribution in [0.4, 0.5) is 0 Å². The molecule has 5 rings (SSSR count). The first-order chi connectivity index (χ1) is 16.3. The van der Waals surface area contributed by atoms with E-state index in [1.54, 1.807) is 0 Å². The molecule has 2 aliphatic rings. The zero-order chi connectivity index (χ0) is 22.6. The number of aromatic nitrogens is 1. The largest absolute Gasteiger partial charge is 0.464 e. The number of hydrogen-bond donors (Lipinski definition) is 1. The van der Waals surface area contributed by atoms with E-state index in [2.05, 4.69) is 42.9 Å². The molecular weight excluding hydrogens is 558 g/mol. The lowest BCUT2D eigenvalue weighted by Gasteiger charge is -2.21. The predicted molar refractivity (Wildman–Crippen MR) is 132 cm³/mol. The summed E-state index contributed by atoms with van der Waals surface area (Å²) in [7, 11) is 0. The zero-order valence-corrected chi connectivity index (χ0v) is 21.3. The smallest absolute Gasteiger partial charge is 0.191 e. The van der Waals surface area contributed by atoms with E-state index in [0.717, 1.165) is 50.4 Å². The summed E-state index contributed by atoms with van der Waals surface area (Å²) < 4.78 is 35.9. The Morgan fingerprint density at radius 2 is 1.36 bits per heavy atom. The Labute approximate surface area is 208 Å². The Morgan fingerprint density at radius 3 is 2.09 bits per heavy atom. The van der Waals surface area contributed by atoms with Gasteiger partial charge in [0.25, 0.3) is 0 Å². The molecule has 0 saturated heterocycles. The van der Waals surface area contributed by atoms with Crippen LogP contribution in [0, 0.1) is 0 Å². The molecule has 2 heterocycles. The summed E-state index contributed by atoms with van der Waals surface area (Å²) in [5.74, 6) is 1.43. The number of nitrogens with one attached hydrogen (secondary N) is 1. The molecule has 0 amide bonds. The van der Waals surface area contributed by atoms with Gasteiger partial charge in [-0.25, -0.2) is 0 Å². The summed E-state index contributed by atoms with van der Waals surface area (Å²) in [4.78, 5) is 3.57. The van der Waals surface area contributed by atoms with Gasteiger partial charge in [0.2, 0.25) is 0 Å². The molecule has 0 radical (unpaired) electrons. The van der Waals surface area contributed by atoms with Crippen molar-refractivity contribution in [3.05, 3.63) is 44.4 Å². The van der Waals surface area contributed by atoms with Crippen molar-refractivity contribution in [3.63, 3.8) is 0 Å². The lowest BCUT2D eigenvalue weighted by molar-refractivity contribution is -0.0944. The average Bonchev–Trinajstić information content (AvgIpc) is 3.21. The van der Waals surface area contributed by atoms with E-state index in [1.165, 1.54) is 22.9 Å². The van der Waals surface area contributed by atoms with Crippen molar-refractivity contribution in [3.8, 4) is 11.5 Å². The van der Waals surface area contributed by atoms with E-state index < -0.39 is 0 Å². The highest BCUT2D eigenvalue weighted by Crippen LogP contribution is 2.47. The maximum absolute atomic E-state index is 6.14. The van der Waals surface area contributed by atoms with Gasteiger partial charge in [-0.15, -0.1) is 0 Å². The summed E-state index contributed by atoms with van der Waals surface area (Å²) in [5.41, 5.74) is 4.48. The minimum Gasteiger partial charge on any atom is -0.464 e. The Kier molecular flexibility index (Phi) is 7.54. The molecule has 176 valence electrons. The first-order valence-electron chi connectivity index (χ1n) is 10.9.